The van der Waals surface area contributed by atoms with Crippen molar-refractivity contribution in [2.75, 3.05) is 6.54 Å². The van der Waals surface area contributed by atoms with E-state index in [1.807, 2.05) is 6.07 Å². The number of amidine groups is 1. The summed E-state index contributed by atoms with van der Waals surface area (Å²) in [6.07, 6.45) is 0. The Morgan fingerprint density at radius 1 is 1.40 bits per heavy atom. The molecule has 0 fully saturated rings. The van der Waals surface area contributed by atoms with Gasteiger partial charge >= 0.3 is 0 Å². The molecule has 1 atom stereocenters. The maximum absolute atomic E-state index is 4.40. The van der Waals surface area contributed by atoms with Crippen molar-refractivity contribution in [3.8, 4) is 0 Å². The molecule has 82 valence electrons. The molecule has 1 aliphatic rings. The molecule has 1 aliphatic heterocycles. The number of hydrogen-bond acceptors (Lipinski definition) is 3. The highest BCUT2D eigenvalue weighted by atomic mass is 35.5. The highest BCUT2D eigenvalue weighted by Gasteiger charge is 2.12. The van der Waals surface area contributed by atoms with Crippen LogP contribution in [0, 0.1) is 0 Å². The number of thioether (sulfide) groups is 1. The molecule has 0 aromatic heterocycles. The summed E-state index contributed by atoms with van der Waals surface area (Å²) in [6, 6.07) is 11.0. The second-order valence-electron chi connectivity index (χ2n) is 3.47. The van der Waals surface area contributed by atoms with Gasteiger partial charge in [-0.2, -0.15) is 0 Å². The Morgan fingerprint density at radius 3 is 2.73 bits per heavy atom. The third-order valence-corrected chi connectivity index (χ3v) is 3.10. The molecule has 2 rings (SSSR count). The molecule has 0 saturated carbocycles. The van der Waals surface area contributed by atoms with E-state index in [0.29, 0.717) is 6.04 Å². The van der Waals surface area contributed by atoms with Gasteiger partial charge in [0.15, 0.2) is 5.17 Å². The molecule has 0 radical (unpaired) electrons. The third-order valence-electron chi connectivity index (χ3n) is 2.10. The lowest BCUT2D eigenvalue weighted by Crippen LogP contribution is -3.00. The van der Waals surface area contributed by atoms with Gasteiger partial charge in [-0.25, -0.2) is 0 Å². The van der Waals surface area contributed by atoms with Gasteiger partial charge in [0.05, 0.1) is 6.54 Å². The van der Waals surface area contributed by atoms with E-state index in [9.17, 15) is 0 Å². The summed E-state index contributed by atoms with van der Waals surface area (Å²) in [5, 5.41) is 4.42. The Balaban J connectivity index is 0.00000112. The molecule has 15 heavy (non-hydrogen) atoms. The molecule has 1 aromatic carbocycles. The largest absolute Gasteiger partial charge is 1.00 e. The van der Waals surface area contributed by atoms with Crippen LogP contribution in [0.1, 0.15) is 12.5 Å². The van der Waals surface area contributed by atoms with E-state index in [-0.39, 0.29) is 12.4 Å². The van der Waals surface area contributed by atoms with Crippen LogP contribution in [0.2, 0.25) is 0 Å². The molecule has 0 saturated heterocycles. The van der Waals surface area contributed by atoms with Crippen LogP contribution >= 0.6 is 11.8 Å². The first-order valence-electron chi connectivity index (χ1n) is 4.82. The van der Waals surface area contributed by atoms with E-state index in [4.69, 9.17) is 0 Å². The van der Waals surface area contributed by atoms with Crippen LogP contribution in [-0.4, -0.2) is 17.8 Å². The van der Waals surface area contributed by atoms with Crippen molar-refractivity contribution in [2.24, 2.45) is 4.99 Å². The van der Waals surface area contributed by atoms with Crippen molar-refractivity contribution in [1.82, 2.24) is 5.32 Å². The highest BCUT2D eigenvalue weighted by Crippen LogP contribution is 2.15. The Kier molecular flexibility index (Phi) is 4.99. The summed E-state index contributed by atoms with van der Waals surface area (Å²) in [5.41, 5.74) is 1.35. The van der Waals surface area contributed by atoms with Gasteiger partial charge in [0, 0.05) is 11.8 Å². The van der Waals surface area contributed by atoms with E-state index in [0.717, 1.165) is 17.5 Å². The number of benzene rings is 1. The fraction of sp³-hybridized carbons (Fsp3) is 0.364. The molecule has 0 bridgehead atoms. The van der Waals surface area contributed by atoms with E-state index in [1.54, 1.807) is 11.8 Å². The van der Waals surface area contributed by atoms with E-state index in [2.05, 4.69) is 41.5 Å². The Morgan fingerprint density at radius 2 is 2.13 bits per heavy atom. The zero-order chi connectivity index (χ0) is 9.80. The van der Waals surface area contributed by atoms with Crippen molar-refractivity contribution in [3.05, 3.63) is 35.9 Å². The molecule has 1 aromatic rings. The van der Waals surface area contributed by atoms with E-state index in [1.165, 1.54) is 5.56 Å². The predicted molar refractivity (Wildman–Crippen MR) is 62.6 cm³/mol. The molecule has 4 heteroatoms. The zero-order valence-corrected chi connectivity index (χ0v) is 10.2. The first-order valence-corrected chi connectivity index (χ1v) is 5.81. The summed E-state index contributed by atoms with van der Waals surface area (Å²) in [4.78, 5) is 4.40. The summed E-state index contributed by atoms with van der Waals surface area (Å²) in [5.74, 6) is 0.999. The average Bonchev–Trinajstić information content (AvgIpc) is 2.63. The van der Waals surface area contributed by atoms with Gasteiger partial charge in [0.25, 0.3) is 0 Å². The minimum Gasteiger partial charge on any atom is -1.00 e. The zero-order valence-electron chi connectivity index (χ0n) is 8.61. The Labute approximate surface area is 101 Å². The van der Waals surface area contributed by atoms with Crippen LogP contribution in [0.25, 0.3) is 0 Å². The fourth-order valence-corrected chi connectivity index (χ4v) is 2.28. The number of rotatable bonds is 2. The summed E-state index contributed by atoms with van der Waals surface area (Å²) >= 11 is 1.78. The number of hydrogen-bond donors (Lipinski definition) is 1. The molecule has 1 unspecified atom stereocenters. The Bertz CT molecular complexity index is 327. The predicted octanol–water partition coefficient (Wildman–Crippen LogP) is -0.728. The minimum atomic E-state index is 0. The molecular weight excluding hydrogens is 228 g/mol. The van der Waals surface area contributed by atoms with Crippen molar-refractivity contribution in [3.63, 3.8) is 0 Å². The van der Waals surface area contributed by atoms with Crippen molar-refractivity contribution >= 4 is 16.9 Å². The summed E-state index contributed by atoms with van der Waals surface area (Å²) in [6.45, 7) is 3.07. The lowest BCUT2D eigenvalue weighted by atomic mass is 10.2. The second-order valence-corrected chi connectivity index (χ2v) is 4.43. The van der Waals surface area contributed by atoms with Crippen molar-refractivity contribution in [2.45, 2.75) is 18.7 Å². The van der Waals surface area contributed by atoms with E-state index >= 15 is 0 Å². The standard InChI is InChI=1S/C11H14N2S.ClH/c1-9-7-12-11(13-9)14-8-10-5-3-2-4-6-10;/h2-6,9H,7-8H2,1H3,(H,12,13);1H/p-1. The fourth-order valence-electron chi connectivity index (χ4n) is 1.34. The van der Waals surface area contributed by atoms with Crippen LogP contribution in [0.4, 0.5) is 0 Å². The van der Waals surface area contributed by atoms with Crippen LogP contribution in [0.5, 0.6) is 0 Å². The molecule has 0 amide bonds. The van der Waals surface area contributed by atoms with Gasteiger partial charge in [-0.05, 0) is 12.5 Å². The van der Waals surface area contributed by atoms with Gasteiger partial charge in [-0.15, -0.1) is 0 Å². The Hall–Kier alpha value is -0.670. The van der Waals surface area contributed by atoms with Crippen molar-refractivity contribution < 1.29 is 12.4 Å². The first kappa shape index (κ1) is 12.4. The van der Waals surface area contributed by atoms with Crippen LogP contribution in [-0.2, 0) is 5.75 Å². The quantitative estimate of drug-likeness (QED) is 0.739. The van der Waals surface area contributed by atoms with Gasteiger partial charge in [-0.3, -0.25) is 4.99 Å². The normalized spacial score (nSPS) is 19.0. The number of nitrogens with one attached hydrogen (secondary N) is 1. The minimum absolute atomic E-state index is 0. The molecule has 0 aliphatic carbocycles. The van der Waals surface area contributed by atoms with Gasteiger partial charge < -0.3 is 17.7 Å². The number of aliphatic imine (C=N–C) groups is 1. The lowest BCUT2D eigenvalue weighted by molar-refractivity contribution is -0.00000299. The van der Waals surface area contributed by atoms with Crippen LogP contribution in [0.3, 0.4) is 0 Å². The smallest absolute Gasteiger partial charge is 0.157 e. The number of halogens is 1. The SMILES string of the molecule is CC1CN=C(SCc2ccccc2)N1.[Cl-]. The first-order chi connectivity index (χ1) is 6.84. The van der Waals surface area contributed by atoms with Crippen LogP contribution < -0.4 is 17.7 Å². The third kappa shape index (κ3) is 3.76. The molecule has 0 spiro atoms. The van der Waals surface area contributed by atoms with Crippen molar-refractivity contribution in [1.29, 1.82) is 0 Å². The molecule has 2 nitrogen and oxygen atoms in total. The lowest BCUT2D eigenvalue weighted by Gasteiger charge is -2.04. The average molecular weight is 242 g/mol. The maximum Gasteiger partial charge on any atom is 0.157 e. The topological polar surface area (TPSA) is 24.4 Å². The molecule has 1 heterocycles. The maximum atomic E-state index is 4.40. The molecular formula is C11H14ClN2S-. The number of nitrogens with zero attached hydrogens (tertiary/aromatic N) is 1. The van der Waals surface area contributed by atoms with Crippen LogP contribution in [0.15, 0.2) is 35.3 Å². The van der Waals surface area contributed by atoms with E-state index < -0.39 is 0 Å². The summed E-state index contributed by atoms with van der Waals surface area (Å²) in [7, 11) is 0. The van der Waals surface area contributed by atoms with Gasteiger partial charge in [0.2, 0.25) is 0 Å². The second kappa shape index (κ2) is 6.03. The van der Waals surface area contributed by atoms with Gasteiger partial charge in [0.1, 0.15) is 0 Å². The molecule has 1 N–H and O–H groups in total. The monoisotopic (exact) mass is 241 g/mol. The summed E-state index contributed by atoms with van der Waals surface area (Å²) < 4.78 is 0. The highest BCUT2D eigenvalue weighted by molar-refractivity contribution is 8.13. The van der Waals surface area contributed by atoms with Gasteiger partial charge in [-0.1, -0.05) is 42.1 Å².